The van der Waals surface area contributed by atoms with Gasteiger partial charge in [0.05, 0.1) is 18.4 Å². The van der Waals surface area contributed by atoms with Gasteiger partial charge in [0.2, 0.25) is 15.9 Å². The van der Waals surface area contributed by atoms with Crippen molar-refractivity contribution in [2.24, 2.45) is 5.14 Å². The molecule has 0 saturated carbocycles. The quantitative estimate of drug-likeness (QED) is 0.761. The number of amides is 1. The molecule has 1 heterocycles. The zero-order valence-electron chi connectivity index (χ0n) is 9.89. The van der Waals surface area contributed by atoms with Crippen LogP contribution in [0.1, 0.15) is 11.1 Å². The number of methoxy groups -OCH3 is 1. The highest BCUT2D eigenvalue weighted by Gasteiger charge is 2.24. The summed E-state index contributed by atoms with van der Waals surface area (Å²) >= 11 is 0. The number of benzene rings is 1. The van der Waals surface area contributed by atoms with Gasteiger partial charge in [0.25, 0.3) is 0 Å². The van der Waals surface area contributed by atoms with E-state index in [0.29, 0.717) is 24.3 Å². The van der Waals surface area contributed by atoms with Crippen LogP contribution in [0.3, 0.4) is 0 Å². The van der Waals surface area contributed by atoms with Crippen molar-refractivity contribution in [2.75, 3.05) is 13.7 Å². The van der Waals surface area contributed by atoms with E-state index in [4.69, 9.17) is 9.88 Å². The molecule has 0 aliphatic carbocycles. The number of nitrogens with one attached hydrogen (secondary N) is 1. The number of carbonyl (C=O) groups excluding carboxylic acids is 1. The third-order valence-electron chi connectivity index (χ3n) is 2.91. The van der Waals surface area contributed by atoms with Gasteiger partial charge < -0.3 is 10.1 Å². The average molecular weight is 270 g/mol. The van der Waals surface area contributed by atoms with Crippen molar-refractivity contribution in [1.82, 2.24) is 5.32 Å². The van der Waals surface area contributed by atoms with E-state index >= 15 is 0 Å². The minimum atomic E-state index is -3.84. The van der Waals surface area contributed by atoms with E-state index in [2.05, 4.69) is 5.32 Å². The Kier molecular flexibility index (Phi) is 3.27. The van der Waals surface area contributed by atoms with Crippen molar-refractivity contribution in [3.63, 3.8) is 0 Å². The molecule has 1 aromatic rings. The molecule has 0 fully saturated rings. The van der Waals surface area contributed by atoms with E-state index in [9.17, 15) is 13.2 Å². The van der Waals surface area contributed by atoms with Gasteiger partial charge in [0.1, 0.15) is 5.75 Å². The topological polar surface area (TPSA) is 98.5 Å². The average Bonchev–Trinajstić information content (AvgIpc) is 2.47. The summed E-state index contributed by atoms with van der Waals surface area (Å²) in [7, 11) is -2.34. The van der Waals surface area contributed by atoms with Gasteiger partial charge in [-0.05, 0) is 24.1 Å². The van der Waals surface area contributed by atoms with Crippen LogP contribution in [0.2, 0.25) is 0 Å². The monoisotopic (exact) mass is 270 g/mol. The molecule has 0 bridgehead atoms. The first kappa shape index (κ1) is 12.8. The minimum absolute atomic E-state index is 0.00169. The molecule has 6 nitrogen and oxygen atoms in total. The number of nitrogens with two attached hydrogens (primary N) is 1. The smallest absolute Gasteiger partial charge is 0.238 e. The lowest BCUT2D eigenvalue weighted by atomic mass is 10.0. The number of rotatable bonds is 2. The third-order valence-corrected chi connectivity index (χ3v) is 3.90. The fourth-order valence-corrected chi connectivity index (χ4v) is 2.92. The van der Waals surface area contributed by atoms with E-state index in [-0.39, 0.29) is 17.2 Å². The van der Waals surface area contributed by atoms with E-state index < -0.39 is 10.0 Å². The first-order valence-corrected chi connectivity index (χ1v) is 6.96. The second-order valence-electron chi connectivity index (χ2n) is 4.04. The van der Waals surface area contributed by atoms with E-state index in [0.717, 1.165) is 5.56 Å². The number of hydrogen-bond acceptors (Lipinski definition) is 4. The van der Waals surface area contributed by atoms with Crippen LogP contribution < -0.4 is 15.2 Å². The zero-order valence-corrected chi connectivity index (χ0v) is 10.7. The molecule has 18 heavy (non-hydrogen) atoms. The molecular formula is C11H14N2O4S. The van der Waals surface area contributed by atoms with Crippen molar-refractivity contribution in [2.45, 2.75) is 17.7 Å². The summed E-state index contributed by atoms with van der Waals surface area (Å²) in [6, 6.07) is 2.94. The summed E-state index contributed by atoms with van der Waals surface area (Å²) in [5, 5.41) is 7.86. The number of carbonyl (C=O) groups is 1. The van der Waals surface area contributed by atoms with Gasteiger partial charge >= 0.3 is 0 Å². The SMILES string of the molecule is COc1ccc(S(N)(=O)=O)c2c1CCNC(=O)C2. The summed E-state index contributed by atoms with van der Waals surface area (Å²) < 4.78 is 28.3. The molecule has 0 saturated heterocycles. The first-order valence-electron chi connectivity index (χ1n) is 5.41. The maximum atomic E-state index is 11.5. The molecule has 0 unspecified atom stereocenters. The molecule has 1 aliphatic heterocycles. The Bertz CT molecular complexity index is 595. The van der Waals surface area contributed by atoms with Crippen LogP contribution in [0.25, 0.3) is 0 Å². The Morgan fingerprint density at radius 3 is 2.67 bits per heavy atom. The Balaban J connectivity index is 2.69. The van der Waals surface area contributed by atoms with Crippen LogP contribution >= 0.6 is 0 Å². The first-order chi connectivity index (χ1) is 8.43. The summed E-state index contributed by atoms with van der Waals surface area (Å²) in [5.74, 6) is 0.362. The fraction of sp³-hybridized carbons (Fsp3) is 0.364. The van der Waals surface area contributed by atoms with Gasteiger partial charge in [-0.25, -0.2) is 13.6 Å². The third kappa shape index (κ3) is 2.32. The van der Waals surface area contributed by atoms with Gasteiger partial charge in [-0.3, -0.25) is 4.79 Å². The van der Waals surface area contributed by atoms with Crippen LogP contribution in [0.5, 0.6) is 5.75 Å². The number of ether oxygens (including phenoxy) is 1. The molecule has 0 aromatic heterocycles. The van der Waals surface area contributed by atoms with Crippen LogP contribution in [0, 0.1) is 0 Å². The van der Waals surface area contributed by atoms with Crippen molar-refractivity contribution >= 4 is 15.9 Å². The van der Waals surface area contributed by atoms with Crippen LogP contribution in [0.15, 0.2) is 17.0 Å². The Morgan fingerprint density at radius 2 is 2.06 bits per heavy atom. The van der Waals surface area contributed by atoms with Gasteiger partial charge in [0, 0.05) is 12.1 Å². The molecular weight excluding hydrogens is 256 g/mol. The maximum Gasteiger partial charge on any atom is 0.238 e. The lowest BCUT2D eigenvalue weighted by Gasteiger charge is -2.13. The number of hydrogen-bond donors (Lipinski definition) is 2. The summed E-state index contributed by atoms with van der Waals surface area (Å²) in [6.07, 6.45) is 0.520. The zero-order chi connectivity index (χ0) is 13.3. The van der Waals surface area contributed by atoms with Crippen molar-refractivity contribution in [1.29, 1.82) is 0 Å². The fourth-order valence-electron chi connectivity index (χ4n) is 2.13. The number of sulfonamides is 1. The summed E-state index contributed by atoms with van der Waals surface area (Å²) in [5.41, 5.74) is 1.16. The highest BCUT2D eigenvalue weighted by atomic mass is 32.2. The van der Waals surface area contributed by atoms with Gasteiger partial charge in [-0.2, -0.15) is 0 Å². The molecule has 3 N–H and O–H groups in total. The predicted molar refractivity (Wildman–Crippen MR) is 64.8 cm³/mol. The lowest BCUT2D eigenvalue weighted by Crippen LogP contribution is -2.24. The molecule has 7 heteroatoms. The molecule has 0 spiro atoms. The molecule has 1 aliphatic rings. The van der Waals surface area contributed by atoms with Crippen LogP contribution in [0.4, 0.5) is 0 Å². The van der Waals surface area contributed by atoms with Crippen LogP contribution in [-0.4, -0.2) is 28.0 Å². The Morgan fingerprint density at radius 1 is 1.33 bits per heavy atom. The minimum Gasteiger partial charge on any atom is -0.496 e. The summed E-state index contributed by atoms with van der Waals surface area (Å²) in [4.78, 5) is 11.5. The predicted octanol–water partition coefficient (Wildman–Crippen LogP) is -0.443. The largest absolute Gasteiger partial charge is 0.496 e. The van der Waals surface area contributed by atoms with E-state index in [1.807, 2.05) is 0 Å². The number of primary sulfonamides is 1. The summed E-state index contributed by atoms with van der Waals surface area (Å²) in [6.45, 7) is 0.455. The Hall–Kier alpha value is -1.60. The second kappa shape index (κ2) is 4.58. The standard InChI is InChI=1S/C11H14N2O4S/c1-17-9-2-3-10(18(12,15)16)8-6-11(14)13-5-4-7(8)9/h2-3H,4-6H2,1H3,(H,13,14)(H2,12,15,16). The number of fused-ring (bicyclic) bond motifs is 1. The highest BCUT2D eigenvalue weighted by molar-refractivity contribution is 7.89. The molecule has 1 amide bonds. The lowest BCUT2D eigenvalue weighted by molar-refractivity contribution is -0.120. The molecule has 0 atom stereocenters. The Labute approximate surface area is 105 Å². The molecule has 1 aromatic carbocycles. The van der Waals surface area contributed by atoms with E-state index in [1.165, 1.54) is 13.2 Å². The maximum absolute atomic E-state index is 11.5. The second-order valence-corrected chi connectivity index (χ2v) is 5.57. The van der Waals surface area contributed by atoms with Crippen molar-refractivity contribution in [3.8, 4) is 5.75 Å². The van der Waals surface area contributed by atoms with Gasteiger partial charge in [0.15, 0.2) is 0 Å². The van der Waals surface area contributed by atoms with E-state index in [1.54, 1.807) is 6.07 Å². The van der Waals surface area contributed by atoms with Crippen molar-refractivity contribution in [3.05, 3.63) is 23.3 Å². The normalized spacial score (nSPS) is 15.6. The molecule has 0 radical (unpaired) electrons. The molecule has 98 valence electrons. The van der Waals surface area contributed by atoms with Crippen molar-refractivity contribution < 1.29 is 17.9 Å². The van der Waals surface area contributed by atoms with Crippen LogP contribution in [-0.2, 0) is 27.7 Å². The van der Waals surface area contributed by atoms with Gasteiger partial charge in [-0.1, -0.05) is 0 Å². The molecule has 2 rings (SSSR count). The highest BCUT2D eigenvalue weighted by Crippen LogP contribution is 2.29. The van der Waals surface area contributed by atoms with Gasteiger partial charge in [-0.15, -0.1) is 0 Å².